The van der Waals surface area contributed by atoms with Gasteiger partial charge in [0.15, 0.2) is 0 Å². The van der Waals surface area contributed by atoms with Gasteiger partial charge in [0.1, 0.15) is 0 Å². The molecule has 0 atom stereocenters. The van der Waals surface area contributed by atoms with E-state index in [1.54, 1.807) is 10.8 Å². The molecular formula is C8H9N5S. The molecule has 0 radical (unpaired) electrons. The van der Waals surface area contributed by atoms with Gasteiger partial charge in [0, 0.05) is 5.69 Å². The fourth-order valence-electron chi connectivity index (χ4n) is 1.15. The quantitative estimate of drug-likeness (QED) is 0.689. The van der Waals surface area contributed by atoms with Crippen molar-refractivity contribution in [1.82, 2.24) is 19.7 Å². The van der Waals surface area contributed by atoms with Crippen LogP contribution in [0.2, 0.25) is 0 Å². The number of nitrogen functional groups attached to an aromatic ring is 1. The summed E-state index contributed by atoms with van der Waals surface area (Å²) in [7, 11) is 0. The average molecular weight is 207 g/mol. The Bertz CT molecular complexity index is 495. The number of anilines is 1. The Morgan fingerprint density at radius 3 is 2.79 bits per heavy atom. The highest BCUT2D eigenvalue weighted by Gasteiger charge is 2.03. The van der Waals surface area contributed by atoms with Crippen molar-refractivity contribution in [3.8, 4) is 5.69 Å². The summed E-state index contributed by atoms with van der Waals surface area (Å²) < 4.78 is 2.09. The summed E-state index contributed by atoms with van der Waals surface area (Å²) in [5.41, 5.74) is 7.40. The van der Waals surface area contributed by atoms with Crippen molar-refractivity contribution >= 4 is 18.2 Å². The summed E-state index contributed by atoms with van der Waals surface area (Å²) in [4.78, 5) is 4.15. The van der Waals surface area contributed by atoms with Gasteiger partial charge in [-0.05, 0) is 31.3 Å². The molecule has 2 aromatic heterocycles. The molecule has 14 heavy (non-hydrogen) atoms. The molecule has 0 spiro atoms. The number of H-pyrrole nitrogens is 1. The van der Waals surface area contributed by atoms with E-state index >= 15 is 0 Å². The molecule has 2 heterocycles. The lowest BCUT2D eigenvalue weighted by Gasteiger charge is -2.02. The second-order valence-electron chi connectivity index (χ2n) is 2.88. The minimum atomic E-state index is 0.334. The van der Waals surface area contributed by atoms with Crippen molar-refractivity contribution < 1.29 is 0 Å². The first kappa shape index (κ1) is 8.89. The Balaban J connectivity index is 2.60. The molecule has 0 aromatic carbocycles. The van der Waals surface area contributed by atoms with Crippen LogP contribution in [0.3, 0.4) is 0 Å². The zero-order valence-corrected chi connectivity index (χ0v) is 8.38. The molecule has 0 bridgehead atoms. The molecule has 3 N–H and O–H groups in total. The summed E-state index contributed by atoms with van der Waals surface area (Å²) in [5, 5.41) is 6.42. The maximum Gasteiger partial charge on any atom is 0.225 e. The number of aryl methyl sites for hydroxylation is 1. The average Bonchev–Trinajstić information content (AvgIpc) is 2.49. The molecule has 0 saturated carbocycles. The van der Waals surface area contributed by atoms with Crippen LogP contribution in [0.5, 0.6) is 0 Å². The lowest BCUT2D eigenvalue weighted by atomic mass is 10.3. The van der Waals surface area contributed by atoms with Crippen molar-refractivity contribution in [1.29, 1.82) is 0 Å². The third kappa shape index (κ3) is 1.39. The number of pyridine rings is 1. The highest BCUT2D eigenvalue weighted by Crippen LogP contribution is 2.10. The van der Waals surface area contributed by atoms with E-state index in [0.717, 1.165) is 11.4 Å². The van der Waals surface area contributed by atoms with Crippen LogP contribution in [0.15, 0.2) is 18.3 Å². The predicted octanol–water partition coefficient (Wildman–Crippen LogP) is 1.22. The first-order valence-electron chi connectivity index (χ1n) is 4.04. The Morgan fingerprint density at radius 2 is 2.29 bits per heavy atom. The van der Waals surface area contributed by atoms with Gasteiger partial charge < -0.3 is 5.73 Å². The van der Waals surface area contributed by atoms with Gasteiger partial charge in [-0.1, -0.05) is 0 Å². The lowest BCUT2D eigenvalue weighted by Crippen LogP contribution is -2.01. The maximum atomic E-state index is 5.64. The molecule has 0 saturated heterocycles. The minimum absolute atomic E-state index is 0.334. The number of rotatable bonds is 1. The van der Waals surface area contributed by atoms with Crippen LogP contribution in [-0.2, 0) is 0 Å². The van der Waals surface area contributed by atoms with Crippen molar-refractivity contribution in [2.75, 3.05) is 5.73 Å². The van der Waals surface area contributed by atoms with Crippen LogP contribution in [0.25, 0.3) is 5.69 Å². The second-order valence-corrected chi connectivity index (χ2v) is 3.27. The van der Waals surface area contributed by atoms with E-state index in [1.807, 2.05) is 19.1 Å². The van der Waals surface area contributed by atoms with Crippen molar-refractivity contribution in [2.24, 2.45) is 0 Å². The molecule has 6 heteroatoms. The van der Waals surface area contributed by atoms with E-state index in [2.05, 4.69) is 15.2 Å². The largest absolute Gasteiger partial charge is 0.368 e. The Morgan fingerprint density at radius 1 is 1.50 bits per heavy atom. The maximum absolute atomic E-state index is 5.64. The molecule has 0 unspecified atom stereocenters. The van der Waals surface area contributed by atoms with Crippen LogP contribution < -0.4 is 5.73 Å². The highest BCUT2D eigenvalue weighted by atomic mass is 32.1. The van der Waals surface area contributed by atoms with Gasteiger partial charge >= 0.3 is 0 Å². The summed E-state index contributed by atoms with van der Waals surface area (Å²) in [5.74, 6) is 0.334. The van der Waals surface area contributed by atoms with Crippen LogP contribution in [-0.4, -0.2) is 19.7 Å². The van der Waals surface area contributed by atoms with Crippen LogP contribution in [0.4, 0.5) is 5.95 Å². The molecular weight excluding hydrogens is 198 g/mol. The summed E-state index contributed by atoms with van der Waals surface area (Å²) in [6, 6.07) is 3.79. The minimum Gasteiger partial charge on any atom is -0.368 e. The number of nitrogens with two attached hydrogens (primary N) is 1. The molecule has 2 aromatic rings. The number of aromatic amines is 1. The smallest absolute Gasteiger partial charge is 0.225 e. The van der Waals surface area contributed by atoms with Crippen molar-refractivity contribution in [2.45, 2.75) is 6.92 Å². The van der Waals surface area contributed by atoms with E-state index in [-0.39, 0.29) is 0 Å². The van der Waals surface area contributed by atoms with E-state index in [9.17, 15) is 0 Å². The second kappa shape index (κ2) is 3.22. The molecule has 5 nitrogen and oxygen atoms in total. The fraction of sp³-hybridized carbons (Fsp3) is 0.125. The normalized spacial score (nSPS) is 10.4. The van der Waals surface area contributed by atoms with E-state index < -0.39 is 0 Å². The fourth-order valence-corrected chi connectivity index (χ4v) is 1.40. The van der Waals surface area contributed by atoms with Gasteiger partial charge in [-0.15, -0.1) is 5.10 Å². The number of hydrogen-bond donors (Lipinski definition) is 2. The number of nitrogens with zero attached hydrogens (tertiary/aromatic N) is 3. The number of hydrogen-bond acceptors (Lipinski definition) is 4. The van der Waals surface area contributed by atoms with Crippen LogP contribution >= 0.6 is 12.2 Å². The first-order valence-corrected chi connectivity index (χ1v) is 4.45. The Labute approximate surface area is 85.6 Å². The summed E-state index contributed by atoms with van der Waals surface area (Å²) in [6.07, 6.45) is 1.71. The van der Waals surface area contributed by atoms with Crippen LogP contribution in [0.1, 0.15) is 5.69 Å². The zero-order chi connectivity index (χ0) is 10.1. The van der Waals surface area contributed by atoms with Gasteiger partial charge in [-0.2, -0.15) is 0 Å². The topological polar surface area (TPSA) is 72.5 Å². The first-order chi connectivity index (χ1) is 6.68. The zero-order valence-electron chi connectivity index (χ0n) is 7.56. The Kier molecular flexibility index (Phi) is 2.05. The highest BCUT2D eigenvalue weighted by molar-refractivity contribution is 7.71. The van der Waals surface area contributed by atoms with E-state index in [4.69, 9.17) is 18.0 Å². The number of nitrogens with one attached hydrogen (secondary N) is 1. The molecule has 0 aliphatic heterocycles. The molecule has 0 fully saturated rings. The SMILES string of the molecule is Cc1ccc(-n2c(N)n[nH]c2=S)cn1. The van der Waals surface area contributed by atoms with Crippen molar-refractivity contribution in [3.05, 3.63) is 28.8 Å². The molecule has 0 amide bonds. The van der Waals surface area contributed by atoms with Gasteiger partial charge in [0.25, 0.3) is 0 Å². The van der Waals surface area contributed by atoms with E-state index in [1.165, 1.54) is 0 Å². The van der Waals surface area contributed by atoms with Crippen LogP contribution in [0, 0.1) is 11.7 Å². The molecule has 0 aliphatic carbocycles. The monoisotopic (exact) mass is 207 g/mol. The lowest BCUT2D eigenvalue weighted by molar-refractivity contribution is 1.02. The Hall–Kier alpha value is -1.69. The van der Waals surface area contributed by atoms with E-state index in [0.29, 0.717) is 10.7 Å². The molecule has 2 rings (SSSR count). The molecule has 72 valence electrons. The standard InChI is InChI=1S/C8H9N5S/c1-5-2-3-6(4-10-5)13-7(9)11-12-8(13)14/h2-4H,1H3,(H2,9,11)(H,12,14). The van der Waals surface area contributed by atoms with Gasteiger partial charge in [-0.25, -0.2) is 5.10 Å². The van der Waals surface area contributed by atoms with Gasteiger partial charge in [0.2, 0.25) is 10.7 Å². The van der Waals surface area contributed by atoms with Crippen molar-refractivity contribution in [3.63, 3.8) is 0 Å². The third-order valence-electron chi connectivity index (χ3n) is 1.85. The van der Waals surface area contributed by atoms with Gasteiger partial charge in [-0.3, -0.25) is 9.55 Å². The summed E-state index contributed by atoms with van der Waals surface area (Å²) >= 11 is 5.02. The van der Waals surface area contributed by atoms with Gasteiger partial charge in [0.05, 0.1) is 11.9 Å². The number of aromatic nitrogens is 4. The summed E-state index contributed by atoms with van der Waals surface area (Å²) in [6.45, 7) is 1.92. The third-order valence-corrected chi connectivity index (χ3v) is 2.13. The predicted molar refractivity (Wildman–Crippen MR) is 55.7 cm³/mol. The molecule has 0 aliphatic rings.